The van der Waals surface area contributed by atoms with Gasteiger partial charge in [-0.3, -0.25) is 0 Å². The fourth-order valence-electron chi connectivity index (χ4n) is 0.808. The topological polar surface area (TPSA) is 17.3 Å². The van der Waals surface area contributed by atoms with Crippen molar-refractivity contribution in [3.63, 3.8) is 0 Å². The molecule has 2 aromatic rings. The molecule has 9 heavy (non-hydrogen) atoms. The van der Waals surface area contributed by atoms with Crippen LogP contribution in [0.3, 0.4) is 0 Å². The fraction of sp³-hybridized carbons (Fsp3) is 0. The van der Waals surface area contributed by atoms with E-state index in [0.29, 0.717) is 0 Å². The smallest absolute Gasteiger partial charge is 0.0991 e. The van der Waals surface area contributed by atoms with Crippen molar-refractivity contribution in [3.05, 3.63) is 36.9 Å². The molecule has 2 nitrogen and oxygen atoms in total. The second kappa shape index (κ2) is 1.58. The Labute approximate surface area is 52.8 Å². The van der Waals surface area contributed by atoms with Crippen LogP contribution < -0.4 is 0 Å². The van der Waals surface area contributed by atoms with Gasteiger partial charge in [0.2, 0.25) is 0 Å². The van der Waals surface area contributed by atoms with Crippen LogP contribution in [-0.4, -0.2) is 9.38 Å². The predicted octanol–water partition coefficient (Wildman–Crippen LogP) is 1.13. The number of nitrogens with zero attached hydrogens (tertiary/aromatic N) is 2. The predicted molar refractivity (Wildman–Crippen MR) is 34.0 cm³/mol. The highest BCUT2D eigenvalue weighted by molar-refractivity contribution is 5.42. The van der Waals surface area contributed by atoms with Crippen LogP contribution in [0.25, 0.3) is 5.52 Å². The molecule has 2 heterocycles. The second-order valence-electron chi connectivity index (χ2n) is 1.85. The molecule has 2 aromatic heterocycles. The lowest BCUT2D eigenvalue weighted by Crippen LogP contribution is -1.76. The molecule has 0 aliphatic heterocycles. The summed E-state index contributed by atoms with van der Waals surface area (Å²) in [5.41, 5.74) is 1.08. The van der Waals surface area contributed by atoms with Gasteiger partial charge in [-0.05, 0) is 18.2 Å². The number of pyridine rings is 1. The largest absolute Gasteiger partial charge is 0.306 e. The van der Waals surface area contributed by atoms with Crippen LogP contribution in [0.15, 0.2) is 30.9 Å². The molecule has 0 fully saturated rings. The number of rotatable bonds is 0. The van der Waals surface area contributed by atoms with Crippen LogP contribution in [0.2, 0.25) is 0 Å². The van der Waals surface area contributed by atoms with E-state index in [1.165, 1.54) is 0 Å². The molecule has 2 rings (SSSR count). The summed E-state index contributed by atoms with van der Waals surface area (Å²) in [5, 5.41) is 0. The highest BCUT2D eigenvalue weighted by atomic mass is 15.0. The minimum atomic E-state index is 1.08. The highest BCUT2D eigenvalue weighted by Crippen LogP contribution is 1.97. The molecule has 0 atom stereocenters. The zero-order valence-corrected chi connectivity index (χ0v) is 4.78. The molecule has 0 saturated heterocycles. The van der Waals surface area contributed by atoms with E-state index < -0.39 is 0 Å². The molecule has 0 unspecified atom stereocenters. The molecule has 0 bridgehead atoms. The van der Waals surface area contributed by atoms with E-state index in [4.69, 9.17) is 0 Å². The third-order valence-corrected chi connectivity index (χ3v) is 1.26. The van der Waals surface area contributed by atoms with Gasteiger partial charge in [-0.25, -0.2) is 4.98 Å². The summed E-state index contributed by atoms with van der Waals surface area (Å²) in [5.74, 6) is 0. The average molecular weight is 117 g/mol. The van der Waals surface area contributed by atoms with Gasteiger partial charge in [0.05, 0.1) is 18.0 Å². The maximum absolute atomic E-state index is 3.94. The SMILES string of the molecule is [c]1ccn2cncc2c1. The molecule has 0 aliphatic carbocycles. The minimum absolute atomic E-state index is 1.08. The first kappa shape index (κ1) is 4.56. The highest BCUT2D eigenvalue weighted by Gasteiger charge is 1.85. The molecule has 0 saturated carbocycles. The summed E-state index contributed by atoms with van der Waals surface area (Å²) >= 11 is 0. The number of hydrogen-bond acceptors (Lipinski definition) is 1. The maximum atomic E-state index is 3.94. The normalized spacial score (nSPS) is 10.2. The van der Waals surface area contributed by atoms with Crippen LogP contribution in [0.5, 0.6) is 0 Å². The van der Waals surface area contributed by atoms with Crippen LogP contribution in [-0.2, 0) is 0 Å². The fourth-order valence-corrected chi connectivity index (χ4v) is 0.808. The Bertz CT molecular complexity index is 281. The van der Waals surface area contributed by atoms with Gasteiger partial charge in [0, 0.05) is 6.20 Å². The van der Waals surface area contributed by atoms with Gasteiger partial charge < -0.3 is 4.40 Å². The molecule has 0 aliphatic rings. The lowest BCUT2D eigenvalue weighted by Gasteiger charge is -1.86. The zero-order valence-electron chi connectivity index (χ0n) is 4.78. The van der Waals surface area contributed by atoms with E-state index in [9.17, 15) is 0 Å². The van der Waals surface area contributed by atoms with Gasteiger partial charge in [0.15, 0.2) is 0 Å². The molecule has 1 radical (unpaired) electrons. The van der Waals surface area contributed by atoms with Crippen molar-refractivity contribution in [3.8, 4) is 0 Å². The summed E-state index contributed by atoms with van der Waals surface area (Å²) < 4.78 is 1.94. The number of hydrogen-bond donors (Lipinski definition) is 0. The maximum Gasteiger partial charge on any atom is 0.0991 e. The van der Waals surface area contributed by atoms with Gasteiger partial charge >= 0.3 is 0 Å². The van der Waals surface area contributed by atoms with E-state index >= 15 is 0 Å². The van der Waals surface area contributed by atoms with Crippen LogP contribution in [0.4, 0.5) is 0 Å². The Morgan fingerprint density at radius 3 is 3.44 bits per heavy atom. The van der Waals surface area contributed by atoms with Crippen molar-refractivity contribution in [2.75, 3.05) is 0 Å². The Hall–Kier alpha value is -1.31. The molecule has 43 valence electrons. The summed E-state index contributed by atoms with van der Waals surface area (Å²) in [4.78, 5) is 3.94. The molecule has 0 amide bonds. The first-order valence-corrected chi connectivity index (χ1v) is 2.74. The van der Waals surface area contributed by atoms with E-state index in [-0.39, 0.29) is 0 Å². The van der Waals surface area contributed by atoms with Crippen molar-refractivity contribution in [2.45, 2.75) is 0 Å². The van der Waals surface area contributed by atoms with E-state index in [1.807, 2.05) is 22.7 Å². The summed E-state index contributed by atoms with van der Waals surface area (Å²) in [6, 6.07) is 6.71. The Balaban J connectivity index is 2.95. The van der Waals surface area contributed by atoms with Crippen LogP contribution in [0.1, 0.15) is 0 Å². The standard InChI is InChI=1S/C7H5N2/c1-2-4-9-6-8-5-7(9)3-1/h2-6H. The molecule has 0 N–H and O–H groups in total. The summed E-state index contributed by atoms with van der Waals surface area (Å²) in [6.07, 6.45) is 5.49. The molecule has 2 heteroatoms. The zero-order chi connectivity index (χ0) is 6.10. The van der Waals surface area contributed by atoms with Gasteiger partial charge in [0.25, 0.3) is 0 Å². The van der Waals surface area contributed by atoms with Crippen molar-refractivity contribution < 1.29 is 0 Å². The van der Waals surface area contributed by atoms with Gasteiger partial charge in [-0.1, -0.05) is 0 Å². The van der Waals surface area contributed by atoms with Gasteiger partial charge in [-0.15, -0.1) is 0 Å². The molecule has 0 aromatic carbocycles. The number of imidazole rings is 1. The van der Waals surface area contributed by atoms with E-state index in [1.54, 1.807) is 12.5 Å². The number of fused-ring (bicyclic) bond motifs is 1. The third-order valence-electron chi connectivity index (χ3n) is 1.26. The summed E-state index contributed by atoms with van der Waals surface area (Å²) in [6.45, 7) is 0. The minimum Gasteiger partial charge on any atom is -0.306 e. The van der Waals surface area contributed by atoms with Gasteiger partial charge in [-0.2, -0.15) is 0 Å². The molecular formula is C7H5N2. The quantitative estimate of drug-likeness (QED) is 0.505. The van der Waals surface area contributed by atoms with Crippen LogP contribution in [0, 0.1) is 6.07 Å². The first-order chi connectivity index (χ1) is 4.47. The van der Waals surface area contributed by atoms with Crippen molar-refractivity contribution in [1.82, 2.24) is 9.38 Å². The van der Waals surface area contributed by atoms with E-state index in [2.05, 4.69) is 11.1 Å². The molecular weight excluding hydrogens is 112 g/mol. The Morgan fingerprint density at radius 1 is 1.56 bits per heavy atom. The Morgan fingerprint density at radius 2 is 2.56 bits per heavy atom. The second-order valence-corrected chi connectivity index (χ2v) is 1.85. The monoisotopic (exact) mass is 117 g/mol. The lowest BCUT2D eigenvalue weighted by molar-refractivity contribution is 1.15. The van der Waals surface area contributed by atoms with Crippen molar-refractivity contribution in [1.29, 1.82) is 0 Å². The van der Waals surface area contributed by atoms with Crippen molar-refractivity contribution in [2.24, 2.45) is 0 Å². The van der Waals surface area contributed by atoms with Crippen molar-refractivity contribution >= 4 is 5.52 Å². The van der Waals surface area contributed by atoms with E-state index in [0.717, 1.165) is 5.52 Å². The number of aromatic nitrogens is 2. The summed E-state index contributed by atoms with van der Waals surface area (Å²) in [7, 11) is 0. The third kappa shape index (κ3) is 0.598. The van der Waals surface area contributed by atoms with Crippen LogP contribution >= 0.6 is 0 Å². The lowest BCUT2D eigenvalue weighted by atomic mass is 10.4. The average Bonchev–Trinajstić information content (AvgIpc) is 2.33. The van der Waals surface area contributed by atoms with Gasteiger partial charge in [0.1, 0.15) is 0 Å². The Kier molecular flexibility index (Phi) is 0.803. The molecule has 0 spiro atoms. The first-order valence-electron chi connectivity index (χ1n) is 2.74.